The fourth-order valence-electron chi connectivity index (χ4n) is 2.10. The van der Waals surface area contributed by atoms with Gasteiger partial charge in [-0.25, -0.2) is 0 Å². The maximum Gasteiger partial charge on any atom is 0.0208 e. The lowest BCUT2D eigenvalue weighted by atomic mass is 10.1. The molecule has 88 valence electrons. The second-order valence-corrected chi connectivity index (χ2v) is 5.59. The largest absolute Gasteiger partial charge is 0.326 e. The molecule has 2 N–H and O–H groups in total. The summed E-state index contributed by atoms with van der Waals surface area (Å²) in [6, 6.07) is 10.8. The van der Waals surface area contributed by atoms with Crippen LogP contribution < -0.4 is 5.73 Å². The van der Waals surface area contributed by atoms with Crippen molar-refractivity contribution in [1.82, 2.24) is 4.90 Å². The number of rotatable bonds is 4. The van der Waals surface area contributed by atoms with Gasteiger partial charge in [0.15, 0.2) is 0 Å². The molecule has 0 spiro atoms. The molecule has 1 atom stereocenters. The molecule has 3 heteroatoms. The van der Waals surface area contributed by atoms with Gasteiger partial charge in [-0.3, -0.25) is 0 Å². The predicted octanol–water partition coefficient (Wildman–Crippen LogP) is 1.61. The SMILES string of the molecule is N[C@@H](Cc1ccccc1)CN1CCSCC1. The quantitative estimate of drug-likeness (QED) is 0.861. The van der Waals surface area contributed by atoms with E-state index in [2.05, 4.69) is 35.2 Å². The zero-order chi connectivity index (χ0) is 11.2. The lowest BCUT2D eigenvalue weighted by Crippen LogP contribution is -2.42. The van der Waals surface area contributed by atoms with Crippen molar-refractivity contribution in [3.8, 4) is 0 Å². The fraction of sp³-hybridized carbons (Fsp3) is 0.538. The van der Waals surface area contributed by atoms with Gasteiger partial charge in [-0.1, -0.05) is 30.3 Å². The Bertz CT molecular complexity index is 296. The molecule has 0 radical (unpaired) electrons. The van der Waals surface area contributed by atoms with Gasteiger partial charge in [0.05, 0.1) is 0 Å². The molecule has 1 heterocycles. The van der Waals surface area contributed by atoms with Crippen LogP contribution in [-0.4, -0.2) is 42.1 Å². The average Bonchev–Trinajstić information content (AvgIpc) is 2.31. The molecule has 1 fully saturated rings. The summed E-state index contributed by atoms with van der Waals surface area (Å²) in [5.74, 6) is 2.52. The summed E-state index contributed by atoms with van der Waals surface area (Å²) >= 11 is 2.05. The van der Waals surface area contributed by atoms with Crippen LogP contribution in [0.15, 0.2) is 30.3 Å². The van der Waals surface area contributed by atoms with Crippen molar-refractivity contribution < 1.29 is 0 Å². The van der Waals surface area contributed by atoms with Gasteiger partial charge >= 0.3 is 0 Å². The van der Waals surface area contributed by atoms with Crippen LogP contribution in [0.4, 0.5) is 0 Å². The van der Waals surface area contributed by atoms with Crippen LogP contribution in [0.2, 0.25) is 0 Å². The Hall–Kier alpha value is -0.510. The summed E-state index contributed by atoms with van der Waals surface area (Å²) in [6.45, 7) is 3.44. The first-order valence-corrected chi connectivity index (χ1v) is 7.09. The molecule has 0 unspecified atom stereocenters. The minimum absolute atomic E-state index is 0.269. The highest BCUT2D eigenvalue weighted by Gasteiger charge is 2.13. The first-order chi connectivity index (χ1) is 7.84. The fourth-order valence-corrected chi connectivity index (χ4v) is 3.08. The molecular formula is C13H20N2S. The third-order valence-corrected chi connectivity index (χ3v) is 3.88. The zero-order valence-corrected chi connectivity index (χ0v) is 10.5. The van der Waals surface area contributed by atoms with E-state index in [0.29, 0.717) is 0 Å². The Morgan fingerprint density at radius 2 is 1.88 bits per heavy atom. The van der Waals surface area contributed by atoms with Crippen molar-refractivity contribution in [3.05, 3.63) is 35.9 Å². The molecule has 1 aliphatic heterocycles. The number of nitrogens with zero attached hydrogens (tertiary/aromatic N) is 1. The van der Waals surface area contributed by atoms with Crippen molar-refractivity contribution in [3.63, 3.8) is 0 Å². The monoisotopic (exact) mass is 236 g/mol. The van der Waals surface area contributed by atoms with Crippen LogP contribution in [0.3, 0.4) is 0 Å². The average molecular weight is 236 g/mol. The maximum atomic E-state index is 6.19. The van der Waals surface area contributed by atoms with E-state index in [1.807, 2.05) is 11.8 Å². The summed E-state index contributed by atoms with van der Waals surface area (Å²) in [6.07, 6.45) is 0.991. The van der Waals surface area contributed by atoms with Gasteiger partial charge in [0.2, 0.25) is 0 Å². The third-order valence-electron chi connectivity index (χ3n) is 2.94. The normalized spacial score (nSPS) is 19.6. The Morgan fingerprint density at radius 1 is 1.19 bits per heavy atom. The van der Waals surface area contributed by atoms with Gasteiger partial charge < -0.3 is 10.6 Å². The maximum absolute atomic E-state index is 6.19. The molecule has 0 aromatic heterocycles. The van der Waals surface area contributed by atoms with Crippen molar-refractivity contribution in [1.29, 1.82) is 0 Å². The smallest absolute Gasteiger partial charge is 0.0208 e. The predicted molar refractivity (Wildman–Crippen MR) is 71.9 cm³/mol. The molecular weight excluding hydrogens is 216 g/mol. The van der Waals surface area contributed by atoms with E-state index < -0.39 is 0 Å². The van der Waals surface area contributed by atoms with E-state index >= 15 is 0 Å². The molecule has 0 saturated carbocycles. The lowest BCUT2D eigenvalue weighted by molar-refractivity contribution is 0.281. The highest BCUT2D eigenvalue weighted by molar-refractivity contribution is 7.99. The minimum Gasteiger partial charge on any atom is -0.326 e. The Kier molecular flexibility index (Phi) is 4.69. The number of hydrogen-bond acceptors (Lipinski definition) is 3. The molecule has 0 aliphatic carbocycles. The second kappa shape index (κ2) is 6.28. The summed E-state index contributed by atoms with van der Waals surface area (Å²) in [5, 5.41) is 0. The van der Waals surface area contributed by atoms with Gasteiger partial charge in [-0.15, -0.1) is 0 Å². The third kappa shape index (κ3) is 3.81. The highest BCUT2D eigenvalue weighted by Crippen LogP contribution is 2.10. The zero-order valence-electron chi connectivity index (χ0n) is 9.64. The van der Waals surface area contributed by atoms with Crippen LogP contribution in [0.1, 0.15) is 5.56 Å². The number of nitrogens with two attached hydrogens (primary N) is 1. The molecule has 1 aromatic carbocycles. The Morgan fingerprint density at radius 3 is 2.56 bits per heavy atom. The van der Waals surface area contributed by atoms with Crippen molar-refractivity contribution in [2.45, 2.75) is 12.5 Å². The van der Waals surface area contributed by atoms with Crippen LogP contribution >= 0.6 is 11.8 Å². The first kappa shape index (κ1) is 12.0. The summed E-state index contributed by atoms with van der Waals surface area (Å²) in [5.41, 5.74) is 7.54. The molecule has 2 rings (SSSR count). The van der Waals surface area contributed by atoms with Crippen molar-refractivity contribution >= 4 is 11.8 Å². The lowest BCUT2D eigenvalue weighted by Gasteiger charge is -2.28. The van der Waals surface area contributed by atoms with Crippen LogP contribution in [0.25, 0.3) is 0 Å². The van der Waals surface area contributed by atoms with E-state index in [1.165, 1.54) is 30.2 Å². The van der Waals surface area contributed by atoms with Crippen LogP contribution in [-0.2, 0) is 6.42 Å². The minimum atomic E-state index is 0.269. The van der Waals surface area contributed by atoms with E-state index in [0.717, 1.165) is 13.0 Å². The summed E-state index contributed by atoms with van der Waals surface area (Å²) in [7, 11) is 0. The van der Waals surface area contributed by atoms with E-state index in [1.54, 1.807) is 0 Å². The van der Waals surface area contributed by atoms with Crippen LogP contribution in [0, 0.1) is 0 Å². The van der Waals surface area contributed by atoms with Crippen LogP contribution in [0.5, 0.6) is 0 Å². The molecule has 1 aromatic rings. The second-order valence-electron chi connectivity index (χ2n) is 4.36. The van der Waals surface area contributed by atoms with Gasteiger partial charge in [-0.05, 0) is 12.0 Å². The number of thioether (sulfide) groups is 1. The topological polar surface area (TPSA) is 29.3 Å². The summed E-state index contributed by atoms with van der Waals surface area (Å²) < 4.78 is 0. The molecule has 1 saturated heterocycles. The molecule has 16 heavy (non-hydrogen) atoms. The van der Waals surface area contributed by atoms with Crippen molar-refractivity contribution in [2.75, 3.05) is 31.1 Å². The van der Waals surface area contributed by atoms with Crippen molar-refractivity contribution in [2.24, 2.45) is 5.73 Å². The van der Waals surface area contributed by atoms with E-state index in [4.69, 9.17) is 5.73 Å². The highest BCUT2D eigenvalue weighted by atomic mass is 32.2. The molecule has 0 bridgehead atoms. The molecule has 2 nitrogen and oxygen atoms in total. The van der Waals surface area contributed by atoms with E-state index in [9.17, 15) is 0 Å². The first-order valence-electron chi connectivity index (χ1n) is 5.94. The standard InChI is InChI=1S/C13H20N2S/c14-13(10-12-4-2-1-3-5-12)11-15-6-8-16-9-7-15/h1-5,13H,6-11,14H2/t13-/m0/s1. The van der Waals surface area contributed by atoms with Gasteiger partial charge in [0.1, 0.15) is 0 Å². The Labute approximate surface area is 102 Å². The van der Waals surface area contributed by atoms with Gasteiger partial charge in [0.25, 0.3) is 0 Å². The van der Waals surface area contributed by atoms with Gasteiger partial charge in [0, 0.05) is 37.2 Å². The molecule has 0 amide bonds. The Balaban J connectivity index is 1.77. The number of benzene rings is 1. The number of hydrogen-bond donors (Lipinski definition) is 1. The summed E-state index contributed by atoms with van der Waals surface area (Å²) in [4.78, 5) is 2.49. The molecule has 1 aliphatic rings. The van der Waals surface area contributed by atoms with Gasteiger partial charge in [-0.2, -0.15) is 11.8 Å². The van der Waals surface area contributed by atoms with E-state index in [-0.39, 0.29) is 6.04 Å².